The van der Waals surface area contributed by atoms with E-state index in [1.54, 1.807) is 0 Å². The van der Waals surface area contributed by atoms with Gasteiger partial charge in [0, 0.05) is 0 Å². The maximum Gasteiger partial charge on any atom is 0.417 e. The predicted octanol–water partition coefficient (Wildman–Crippen LogP) is 3.94. The van der Waals surface area contributed by atoms with Crippen LogP contribution in [-0.4, -0.2) is 11.2 Å². The van der Waals surface area contributed by atoms with Gasteiger partial charge in [-0.05, 0) is 36.5 Å². The van der Waals surface area contributed by atoms with Crippen LogP contribution in [0.4, 0.5) is 13.2 Å². The fourth-order valence-electron chi connectivity index (χ4n) is 2.24. The van der Waals surface area contributed by atoms with Crippen molar-refractivity contribution in [2.24, 2.45) is 11.7 Å². The summed E-state index contributed by atoms with van der Waals surface area (Å²) in [7, 11) is 0. The molecule has 1 aliphatic rings. The molecule has 0 saturated heterocycles. The summed E-state index contributed by atoms with van der Waals surface area (Å²) in [6.45, 7) is 0. The maximum absolute atomic E-state index is 12.6. The summed E-state index contributed by atoms with van der Waals surface area (Å²) in [5, 5.41) is 9.63. The summed E-state index contributed by atoms with van der Waals surface area (Å²) in [4.78, 5) is 0. The molecule has 3 N–H and O–H groups in total. The zero-order valence-corrected chi connectivity index (χ0v) is 12.1. The van der Waals surface area contributed by atoms with Gasteiger partial charge in [0.1, 0.15) is 0 Å². The fourth-order valence-corrected chi connectivity index (χ4v) is 2.54. The molecular weight excluding hydrogens is 314 g/mol. The second-order valence-electron chi connectivity index (χ2n) is 4.94. The average Bonchev–Trinajstić information content (AvgIpc) is 2.23. The van der Waals surface area contributed by atoms with Crippen LogP contribution in [0.1, 0.15) is 36.4 Å². The van der Waals surface area contributed by atoms with Gasteiger partial charge in [-0.25, -0.2) is 0 Å². The van der Waals surface area contributed by atoms with Crippen LogP contribution in [0.5, 0.6) is 0 Å². The van der Waals surface area contributed by atoms with Gasteiger partial charge in [-0.15, -0.1) is 12.4 Å². The van der Waals surface area contributed by atoms with Crippen molar-refractivity contribution in [1.82, 2.24) is 0 Å². The van der Waals surface area contributed by atoms with Gasteiger partial charge in [0.25, 0.3) is 0 Å². The quantitative estimate of drug-likeness (QED) is 0.882. The number of halogens is 5. The number of benzene rings is 1. The third-order valence-electron chi connectivity index (χ3n) is 3.68. The summed E-state index contributed by atoms with van der Waals surface area (Å²) in [6, 6.07) is 2.67. The summed E-state index contributed by atoms with van der Waals surface area (Å²) < 4.78 is 37.7. The van der Waals surface area contributed by atoms with Crippen LogP contribution < -0.4 is 5.73 Å². The molecule has 0 heterocycles. The molecule has 1 aromatic rings. The van der Waals surface area contributed by atoms with E-state index in [-0.39, 0.29) is 23.3 Å². The Morgan fingerprint density at radius 3 is 2.30 bits per heavy atom. The minimum Gasteiger partial charge on any atom is -0.391 e. The van der Waals surface area contributed by atoms with Crippen LogP contribution in [0.15, 0.2) is 18.2 Å². The van der Waals surface area contributed by atoms with E-state index in [1.807, 2.05) is 0 Å². The number of rotatable bonds is 3. The normalized spacial score (nSPS) is 18.9. The second-order valence-corrected chi connectivity index (χ2v) is 5.35. The number of hydrogen-bond acceptors (Lipinski definition) is 2. The van der Waals surface area contributed by atoms with Crippen LogP contribution in [0.3, 0.4) is 0 Å². The lowest BCUT2D eigenvalue weighted by Crippen LogP contribution is -2.36. The van der Waals surface area contributed by atoms with Gasteiger partial charge >= 0.3 is 6.18 Å². The third-order valence-corrected chi connectivity index (χ3v) is 4.00. The van der Waals surface area contributed by atoms with Crippen LogP contribution >= 0.6 is 24.0 Å². The molecule has 1 saturated carbocycles. The molecular formula is C13H16Cl2F3NO. The van der Waals surface area contributed by atoms with Crippen LogP contribution in [-0.2, 0) is 6.18 Å². The molecule has 0 unspecified atom stereocenters. The highest BCUT2D eigenvalue weighted by molar-refractivity contribution is 6.31. The van der Waals surface area contributed by atoms with E-state index in [2.05, 4.69) is 0 Å². The highest BCUT2D eigenvalue weighted by Gasteiger charge is 2.35. The minimum absolute atomic E-state index is 0. The number of aliphatic hydroxyl groups excluding tert-OH is 1. The lowest BCUT2D eigenvalue weighted by atomic mass is 9.77. The molecule has 2 atom stereocenters. The standard InChI is InChI=1S/C13H15ClF3NO.ClH/c14-10-6-8(4-5-9(10)13(15,16)17)11(18)12(19)7-2-1-3-7;/h4-7,11-12,19H,1-3,18H2;1H/t11-,12+;/m0./s1. The second kappa shape index (κ2) is 6.52. The fraction of sp³-hybridized carbons (Fsp3) is 0.538. The Balaban J connectivity index is 0.00000200. The van der Waals surface area contributed by atoms with Crippen molar-refractivity contribution in [3.8, 4) is 0 Å². The molecule has 1 aromatic carbocycles. The van der Waals surface area contributed by atoms with Crippen molar-refractivity contribution in [2.45, 2.75) is 37.6 Å². The third kappa shape index (κ3) is 3.58. The number of aliphatic hydroxyl groups is 1. The maximum atomic E-state index is 12.6. The zero-order chi connectivity index (χ0) is 14.2. The van der Waals surface area contributed by atoms with E-state index < -0.39 is 23.9 Å². The van der Waals surface area contributed by atoms with Crippen molar-refractivity contribution in [2.75, 3.05) is 0 Å². The molecule has 0 radical (unpaired) electrons. The lowest BCUT2D eigenvalue weighted by Gasteiger charge is -2.34. The molecule has 0 aliphatic heterocycles. The lowest BCUT2D eigenvalue weighted by molar-refractivity contribution is -0.137. The highest BCUT2D eigenvalue weighted by Crippen LogP contribution is 2.38. The first kappa shape index (κ1) is 17.6. The Hall–Kier alpha value is -0.490. The molecule has 0 bridgehead atoms. The SMILES string of the molecule is Cl.N[C@@H](c1ccc(C(F)(F)F)c(Cl)c1)[C@H](O)C1CCC1. The molecule has 0 spiro atoms. The van der Waals surface area contributed by atoms with Crippen molar-refractivity contribution in [3.05, 3.63) is 34.3 Å². The summed E-state index contributed by atoms with van der Waals surface area (Å²) in [5.41, 5.74) is 5.43. The Kier molecular flexibility index (Phi) is 5.72. The molecule has 0 aromatic heterocycles. The predicted molar refractivity (Wildman–Crippen MR) is 74.0 cm³/mol. The van der Waals surface area contributed by atoms with Crippen molar-refractivity contribution >= 4 is 24.0 Å². The van der Waals surface area contributed by atoms with Crippen LogP contribution in [0.25, 0.3) is 0 Å². The first-order chi connectivity index (χ1) is 8.80. The summed E-state index contributed by atoms with van der Waals surface area (Å²) in [5.74, 6) is 0.135. The Labute approximate surface area is 126 Å². The number of alkyl halides is 3. The molecule has 2 nitrogen and oxygen atoms in total. The van der Waals surface area contributed by atoms with Crippen LogP contribution in [0, 0.1) is 5.92 Å². The van der Waals surface area contributed by atoms with E-state index in [9.17, 15) is 18.3 Å². The van der Waals surface area contributed by atoms with Gasteiger partial charge in [-0.3, -0.25) is 0 Å². The highest BCUT2D eigenvalue weighted by atomic mass is 35.5. The first-order valence-electron chi connectivity index (χ1n) is 6.11. The van der Waals surface area contributed by atoms with E-state index in [0.29, 0.717) is 5.56 Å². The Morgan fingerprint density at radius 2 is 1.90 bits per heavy atom. The molecule has 1 aliphatic carbocycles. The molecule has 1 fully saturated rings. The van der Waals surface area contributed by atoms with Crippen molar-refractivity contribution in [1.29, 1.82) is 0 Å². The van der Waals surface area contributed by atoms with Crippen molar-refractivity contribution in [3.63, 3.8) is 0 Å². The first-order valence-corrected chi connectivity index (χ1v) is 6.49. The van der Waals surface area contributed by atoms with E-state index >= 15 is 0 Å². The molecule has 2 rings (SSSR count). The monoisotopic (exact) mass is 329 g/mol. The van der Waals surface area contributed by atoms with Gasteiger partial charge in [0.05, 0.1) is 22.7 Å². The van der Waals surface area contributed by atoms with E-state index in [4.69, 9.17) is 17.3 Å². The smallest absolute Gasteiger partial charge is 0.391 e. The van der Waals surface area contributed by atoms with Crippen LogP contribution in [0.2, 0.25) is 5.02 Å². The van der Waals surface area contributed by atoms with Gasteiger partial charge in [0.2, 0.25) is 0 Å². The van der Waals surface area contributed by atoms with Gasteiger partial charge in [-0.2, -0.15) is 13.2 Å². The summed E-state index contributed by atoms with van der Waals surface area (Å²) in [6.07, 6.45) is -2.34. The summed E-state index contributed by atoms with van der Waals surface area (Å²) >= 11 is 5.63. The largest absolute Gasteiger partial charge is 0.417 e. The molecule has 7 heteroatoms. The molecule has 0 amide bonds. The van der Waals surface area contributed by atoms with E-state index in [0.717, 1.165) is 25.3 Å². The zero-order valence-electron chi connectivity index (χ0n) is 10.5. The molecule has 20 heavy (non-hydrogen) atoms. The Morgan fingerprint density at radius 1 is 1.30 bits per heavy atom. The van der Waals surface area contributed by atoms with Crippen molar-refractivity contribution < 1.29 is 18.3 Å². The average molecular weight is 330 g/mol. The topological polar surface area (TPSA) is 46.2 Å². The molecule has 114 valence electrons. The minimum atomic E-state index is -4.48. The van der Waals surface area contributed by atoms with Gasteiger partial charge < -0.3 is 10.8 Å². The number of hydrogen-bond donors (Lipinski definition) is 2. The number of nitrogens with two attached hydrogens (primary N) is 1. The van der Waals surface area contributed by atoms with E-state index in [1.165, 1.54) is 12.1 Å². The van der Waals surface area contributed by atoms with Gasteiger partial charge in [-0.1, -0.05) is 24.1 Å². The van der Waals surface area contributed by atoms with Gasteiger partial charge in [0.15, 0.2) is 0 Å². The Bertz CT molecular complexity index is 463.